The maximum atomic E-state index is 11.7. The number of carbonyl (C=O) groups is 1. The van der Waals surface area contributed by atoms with Crippen LogP contribution < -0.4 is 5.32 Å². The Hall–Kier alpha value is -0.950. The molecule has 0 atom stereocenters. The number of hydrogen-bond donors (Lipinski definition) is 1. The lowest BCUT2D eigenvalue weighted by molar-refractivity contribution is -0.115. The van der Waals surface area contributed by atoms with Gasteiger partial charge in [0.1, 0.15) is 11.4 Å². The van der Waals surface area contributed by atoms with Crippen molar-refractivity contribution in [1.82, 2.24) is 5.32 Å². The second-order valence-electron chi connectivity index (χ2n) is 3.32. The molecule has 18 heavy (non-hydrogen) atoms. The molecule has 1 aliphatic heterocycles. The van der Waals surface area contributed by atoms with Crippen LogP contribution in [-0.2, 0) is 4.79 Å². The fourth-order valence-corrected chi connectivity index (χ4v) is 2.35. The van der Waals surface area contributed by atoms with Crippen molar-refractivity contribution in [3.8, 4) is 0 Å². The van der Waals surface area contributed by atoms with Crippen LogP contribution >= 0.6 is 47.1 Å². The Morgan fingerprint density at radius 3 is 2.11 bits per heavy atom. The number of rotatable bonds is 0. The minimum absolute atomic E-state index is 0.141. The van der Waals surface area contributed by atoms with Crippen LogP contribution in [0.2, 0.25) is 0 Å². The standard InChI is InChI=1S/C8H3Cl4N5O/c9-14-3-1-2-4(6(16-11)5(3)15-10)7(17-12)13-8(2)18/h1H2,(H,13,17,18). The van der Waals surface area contributed by atoms with E-state index in [-0.39, 0.29) is 35.3 Å². The zero-order valence-corrected chi connectivity index (χ0v) is 11.4. The Morgan fingerprint density at radius 1 is 0.944 bits per heavy atom. The van der Waals surface area contributed by atoms with Crippen LogP contribution in [0.15, 0.2) is 29.2 Å². The molecular formula is C8H3Cl4N5O. The number of nitrogens with zero attached hydrogens (tertiary/aromatic N) is 4. The maximum Gasteiger partial charge on any atom is 0.254 e. The average molecular weight is 327 g/mol. The molecule has 0 aromatic rings. The fraction of sp³-hybridized carbons (Fsp3) is 0.125. The molecule has 0 saturated carbocycles. The van der Waals surface area contributed by atoms with Gasteiger partial charge in [-0.1, -0.05) is 0 Å². The van der Waals surface area contributed by atoms with Gasteiger partial charge in [-0.05, 0) is 0 Å². The summed E-state index contributed by atoms with van der Waals surface area (Å²) >= 11 is 21.8. The van der Waals surface area contributed by atoms with Gasteiger partial charge >= 0.3 is 0 Å². The third kappa shape index (κ3) is 1.95. The summed E-state index contributed by atoms with van der Waals surface area (Å²) in [7, 11) is 0. The Balaban J connectivity index is 2.70. The van der Waals surface area contributed by atoms with Gasteiger partial charge in [-0.2, -0.15) is 18.0 Å². The van der Waals surface area contributed by atoms with E-state index >= 15 is 0 Å². The van der Waals surface area contributed by atoms with Crippen LogP contribution in [0.3, 0.4) is 0 Å². The lowest BCUT2D eigenvalue weighted by Gasteiger charge is -2.16. The first-order valence-electron chi connectivity index (χ1n) is 4.48. The molecule has 6 nitrogen and oxygen atoms in total. The van der Waals surface area contributed by atoms with E-state index in [4.69, 9.17) is 47.1 Å². The van der Waals surface area contributed by atoms with E-state index in [2.05, 4.69) is 23.4 Å². The summed E-state index contributed by atoms with van der Waals surface area (Å²) in [6.07, 6.45) is 0.141. The number of amidine groups is 1. The third-order valence-electron chi connectivity index (χ3n) is 2.48. The molecule has 1 amide bonds. The third-order valence-corrected chi connectivity index (χ3v) is 3.19. The molecule has 0 saturated heterocycles. The molecule has 1 N–H and O–H groups in total. The van der Waals surface area contributed by atoms with Gasteiger partial charge in [0.05, 0.1) is 11.3 Å². The monoisotopic (exact) mass is 325 g/mol. The molecular weight excluding hydrogens is 324 g/mol. The predicted octanol–water partition coefficient (Wildman–Crippen LogP) is 2.15. The molecule has 0 spiro atoms. The SMILES string of the molecule is O=C1NC(=NCl)C2=C1CC(=NCl)C(=NCl)C2=NCl. The van der Waals surface area contributed by atoms with Crippen molar-refractivity contribution in [2.75, 3.05) is 0 Å². The number of amides is 1. The van der Waals surface area contributed by atoms with Crippen molar-refractivity contribution in [1.29, 1.82) is 0 Å². The van der Waals surface area contributed by atoms with Crippen molar-refractivity contribution in [2.45, 2.75) is 6.42 Å². The van der Waals surface area contributed by atoms with Crippen molar-refractivity contribution in [2.24, 2.45) is 18.0 Å². The molecule has 0 fully saturated rings. The number of carbonyl (C=O) groups excluding carboxylic acids is 1. The van der Waals surface area contributed by atoms with E-state index in [0.717, 1.165) is 0 Å². The van der Waals surface area contributed by atoms with E-state index in [1.165, 1.54) is 0 Å². The van der Waals surface area contributed by atoms with Crippen molar-refractivity contribution in [3.05, 3.63) is 11.1 Å². The van der Waals surface area contributed by atoms with Gasteiger partial charge in [0.25, 0.3) is 5.91 Å². The summed E-state index contributed by atoms with van der Waals surface area (Å²) in [5.41, 5.74) is 1.32. The molecule has 0 radical (unpaired) electrons. The van der Waals surface area contributed by atoms with Crippen LogP contribution in [0.1, 0.15) is 6.42 Å². The van der Waals surface area contributed by atoms with Gasteiger partial charge in [0.2, 0.25) is 0 Å². The van der Waals surface area contributed by atoms with E-state index in [0.29, 0.717) is 11.1 Å². The number of halogens is 4. The topological polar surface area (TPSA) is 78.5 Å². The molecule has 0 aromatic heterocycles. The van der Waals surface area contributed by atoms with Gasteiger partial charge in [0.15, 0.2) is 5.84 Å². The minimum Gasteiger partial charge on any atom is -0.305 e. The maximum absolute atomic E-state index is 11.7. The van der Waals surface area contributed by atoms with Crippen LogP contribution in [0.5, 0.6) is 0 Å². The summed E-state index contributed by atoms with van der Waals surface area (Å²) in [5, 5.41) is 2.47. The molecule has 2 aliphatic rings. The summed E-state index contributed by atoms with van der Waals surface area (Å²) in [6, 6.07) is 0. The van der Waals surface area contributed by atoms with E-state index < -0.39 is 0 Å². The number of hydrogen-bond acceptors (Lipinski definition) is 5. The van der Waals surface area contributed by atoms with E-state index in [1.54, 1.807) is 0 Å². The van der Waals surface area contributed by atoms with Gasteiger partial charge in [-0.3, -0.25) is 4.79 Å². The Kier molecular flexibility index (Phi) is 4.01. The molecule has 0 unspecified atom stereocenters. The van der Waals surface area contributed by atoms with Gasteiger partial charge in [-0.25, -0.2) is 0 Å². The normalized spacial score (nSPS) is 28.6. The Labute approximate surface area is 122 Å². The zero-order valence-electron chi connectivity index (χ0n) is 8.42. The van der Waals surface area contributed by atoms with E-state index in [9.17, 15) is 4.79 Å². The van der Waals surface area contributed by atoms with Crippen LogP contribution in [0, 0.1) is 0 Å². The second kappa shape index (κ2) is 5.36. The lowest BCUT2D eigenvalue weighted by atomic mass is 9.88. The Morgan fingerprint density at radius 2 is 1.61 bits per heavy atom. The van der Waals surface area contributed by atoms with Gasteiger partial charge in [-0.15, -0.1) is 0 Å². The Bertz CT molecular complexity index is 574. The van der Waals surface area contributed by atoms with Crippen LogP contribution in [0.25, 0.3) is 0 Å². The van der Waals surface area contributed by atoms with Gasteiger partial charge < -0.3 is 5.32 Å². The molecule has 1 aliphatic carbocycles. The highest BCUT2D eigenvalue weighted by Crippen LogP contribution is 2.27. The largest absolute Gasteiger partial charge is 0.305 e. The molecule has 2 rings (SSSR count). The summed E-state index contributed by atoms with van der Waals surface area (Å²) in [5.74, 6) is -0.226. The predicted molar refractivity (Wildman–Crippen MR) is 72.9 cm³/mol. The smallest absolute Gasteiger partial charge is 0.254 e. The molecule has 10 heteroatoms. The average Bonchev–Trinajstić information content (AvgIpc) is 2.72. The quantitative estimate of drug-likeness (QED) is 0.727. The van der Waals surface area contributed by atoms with Crippen molar-refractivity contribution < 1.29 is 4.79 Å². The summed E-state index contributed by atoms with van der Waals surface area (Å²) < 4.78 is 13.9. The molecule has 0 bridgehead atoms. The minimum atomic E-state index is -0.367. The first-order chi connectivity index (χ1) is 8.67. The highest BCUT2D eigenvalue weighted by Gasteiger charge is 2.40. The van der Waals surface area contributed by atoms with Crippen LogP contribution in [0.4, 0.5) is 0 Å². The summed E-state index contributed by atoms with van der Waals surface area (Å²) in [6.45, 7) is 0. The second-order valence-corrected chi connectivity index (χ2v) is 3.99. The van der Waals surface area contributed by atoms with Crippen LogP contribution in [-0.4, -0.2) is 28.9 Å². The molecule has 1 heterocycles. The lowest BCUT2D eigenvalue weighted by Crippen LogP contribution is -2.32. The van der Waals surface area contributed by atoms with Gasteiger partial charge in [0, 0.05) is 59.1 Å². The number of nitrogens with one attached hydrogen (secondary N) is 1. The summed E-state index contributed by atoms with van der Waals surface area (Å²) in [4.78, 5) is 11.7. The molecule has 0 aromatic carbocycles. The first kappa shape index (κ1) is 13.5. The highest BCUT2D eigenvalue weighted by atomic mass is 35.5. The first-order valence-corrected chi connectivity index (χ1v) is 5.83. The van der Waals surface area contributed by atoms with Crippen molar-refractivity contribution >= 4 is 76.0 Å². The molecule has 94 valence electrons. The van der Waals surface area contributed by atoms with Crippen molar-refractivity contribution in [3.63, 3.8) is 0 Å². The highest BCUT2D eigenvalue weighted by molar-refractivity contribution is 6.79. The zero-order chi connectivity index (χ0) is 13.3. The van der Waals surface area contributed by atoms with E-state index in [1.807, 2.05) is 0 Å². The fourth-order valence-electron chi connectivity index (χ4n) is 1.74.